The molecule has 7 nitrogen and oxygen atoms in total. The Bertz CT molecular complexity index is 865. The summed E-state index contributed by atoms with van der Waals surface area (Å²) in [5, 5.41) is 5.15. The standard InChI is InChI=1S/C13H17N3O4S2/c1-3-12(17)15-13-16(6-7-20-2)10-5-4-9(22(14,18)19)8-11(10)21-13/h4-5,8H,3,6-7H2,1-2H3,(H2,14,18,19). The molecule has 0 aliphatic heterocycles. The SMILES string of the molecule is CCC(=O)N=c1sc2cc(S(N)(=O)=O)ccc2n1CCOC. The van der Waals surface area contributed by atoms with E-state index < -0.39 is 10.0 Å². The van der Waals surface area contributed by atoms with Crippen LogP contribution in [-0.4, -0.2) is 32.6 Å². The zero-order chi connectivity index (χ0) is 16.3. The zero-order valence-electron chi connectivity index (χ0n) is 12.3. The van der Waals surface area contributed by atoms with Crippen molar-refractivity contribution in [1.82, 2.24) is 4.57 Å². The topological polar surface area (TPSA) is 104 Å². The van der Waals surface area contributed by atoms with Gasteiger partial charge in [-0.2, -0.15) is 4.99 Å². The van der Waals surface area contributed by atoms with E-state index in [2.05, 4.69) is 4.99 Å². The molecule has 0 atom stereocenters. The zero-order valence-corrected chi connectivity index (χ0v) is 13.9. The highest BCUT2D eigenvalue weighted by Gasteiger charge is 2.12. The highest BCUT2D eigenvalue weighted by molar-refractivity contribution is 7.89. The van der Waals surface area contributed by atoms with Crippen LogP contribution in [0.15, 0.2) is 28.1 Å². The normalized spacial score (nSPS) is 13.0. The Morgan fingerprint density at radius 2 is 2.18 bits per heavy atom. The number of hydrogen-bond acceptors (Lipinski definition) is 5. The van der Waals surface area contributed by atoms with Crippen LogP contribution in [0.3, 0.4) is 0 Å². The molecule has 120 valence electrons. The first kappa shape index (κ1) is 16.8. The molecule has 2 rings (SSSR count). The number of thiazole rings is 1. The van der Waals surface area contributed by atoms with E-state index in [4.69, 9.17) is 9.88 Å². The van der Waals surface area contributed by atoms with Crippen LogP contribution in [0.5, 0.6) is 0 Å². The summed E-state index contributed by atoms with van der Waals surface area (Å²) in [5.41, 5.74) is 0.789. The third-order valence-electron chi connectivity index (χ3n) is 3.02. The molecule has 1 amide bonds. The van der Waals surface area contributed by atoms with Gasteiger partial charge in [-0.25, -0.2) is 13.6 Å². The molecule has 0 aliphatic rings. The second-order valence-electron chi connectivity index (χ2n) is 4.56. The number of nitrogens with two attached hydrogens (primary N) is 1. The number of amides is 1. The molecule has 0 saturated carbocycles. The molecule has 0 saturated heterocycles. The Balaban J connectivity index is 2.68. The summed E-state index contributed by atoms with van der Waals surface area (Å²) in [6, 6.07) is 4.60. The number of ether oxygens (including phenoxy) is 1. The summed E-state index contributed by atoms with van der Waals surface area (Å²) < 4.78 is 30.5. The van der Waals surface area contributed by atoms with E-state index in [1.54, 1.807) is 20.1 Å². The van der Waals surface area contributed by atoms with Crippen molar-refractivity contribution in [2.75, 3.05) is 13.7 Å². The van der Waals surface area contributed by atoms with Gasteiger partial charge < -0.3 is 9.30 Å². The lowest BCUT2D eigenvalue weighted by molar-refractivity contribution is -0.117. The fourth-order valence-electron chi connectivity index (χ4n) is 1.90. The van der Waals surface area contributed by atoms with Crippen molar-refractivity contribution in [3.05, 3.63) is 23.0 Å². The number of carbonyl (C=O) groups is 1. The molecular weight excluding hydrogens is 326 g/mol. The summed E-state index contributed by atoms with van der Waals surface area (Å²) in [6.07, 6.45) is 0.307. The Hall–Kier alpha value is -1.55. The van der Waals surface area contributed by atoms with Gasteiger partial charge in [0.1, 0.15) is 0 Å². The largest absolute Gasteiger partial charge is 0.383 e. The van der Waals surface area contributed by atoms with Crippen LogP contribution in [0.2, 0.25) is 0 Å². The van der Waals surface area contributed by atoms with Crippen molar-refractivity contribution in [3.8, 4) is 0 Å². The Morgan fingerprint density at radius 1 is 1.45 bits per heavy atom. The number of carbonyl (C=O) groups excluding carboxylic acids is 1. The van der Waals surface area contributed by atoms with Crippen LogP contribution in [0, 0.1) is 0 Å². The number of sulfonamides is 1. The lowest BCUT2D eigenvalue weighted by atomic mass is 10.3. The second-order valence-corrected chi connectivity index (χ2v) is 7.13. The first-order valence-corrected chi connectivity index (χ1v) is 8.95. The van der Waals surface area contributed by atoms with Crippen molar-refractivity contribution < 1.29 is 17.9 Å². The van der Waals surface area contributed by atoms with Crippen molar-refractivity contribution in [1.29, 1.82) is 0 Å². The van der Waals surface area contributed by atoms with Crippen molar-refractivity contribution in [3.63, 3.8) is 0 Å². The molecule has 2 aromatic rings. The van der Waals surface area contributed by atoms with Crippen LogP contribution >= 0.6 is 11.3 Å². The maximum atomic E-state index is 11.6. The summed E-state index contributed by atoms with van der Waals surface area (Å²) in [6.45, 7) is 2.70. The molecule has 0 fully saturated rings. The van der Waals surface area contributed by atoms with E-state index in [0.29, 0.717) is 29.1 Å². The third-order valence-corrected chi connectivity index (χ3v) is 4.98. The Morgan fingerprint density at radius 3 is 2.77 bits per heavy atom. The van der Waals surface area contributed by atoms with Gasteiger partial charge >= 0.3 is 0 Å². The van der Waals surface area contributed by atoms with E-state index in [-0.39, 0.29) is 10.8 Å². The first-order chi connectivity index (χ1) is 10.4. The second kappa shape index (κ2) is 6.69. The molecule has 2 N–H and O–H groups in total. The minimum absolute atomic E-state index is 0.0357. The number of hydrogen-bond donors (Lipinski definition) is 1. The lowest BCUT2D eigenvalue weighted by Crippen LogP contribution is -2.19. The van der Waals surface area contributed by atoms with Crippen LogP contribution < -0.4 is 9.94 Å². The van der Waals surface area contributed by atoms with E-state index in [0.717, 1.165) is 5.52 Å². The van der Waals surface area contributed by atoms with E-state index in [1.807, 2.05) is 4.57 Å². The molecule has 9 heteroatoms. The highest BCUT2D eigenvalue weighted by atomic mass is 32.2. The minimum atomic E-state index is -3.77. The van der Waals surface area contributed by atoms with Gasteiger partial charge in [-0.15, -0.1) is 0 Å². The molecule has 1 aromatic heterocycles. The predicted octanol–water partition coefficient (Wildman–Crippen LogP) is 0.834. The fourth-order valence-corrected chi connectivity index (χ4v) is 3.63. The van der Waals surface area contributed by atoms with Crippen molar-refractivity contribution in [2.24, 2.45) is 10.1 Å². The number of methoxy groups -OCH3 is 1. The van der Waals surface area contributed by atoms with Crippen LogP contribution in [0.1, 0.15) is 13.3 Å². The first-order valence-electron chi connectivity index (χ1n) is 6.59. The quantitative estimate of drug-likeness (QED) is 0.868. The van der Waals surface area contributed by atoms with Gasteiger partial charge in [0, 0.05) is 20.1 Å². The number of aromatic nitrogens is 1. The van der Waals surface area contributed by atoms with Crippen molar-refractivity contribution in [2.45, 2.75) is 24.8 Å². The predicted molar refractivity (Wildman–Crippen MR) is 83.9 cm³/mol. The number of fused-ring (bicyclic) bond motifs is 1. The molecule has 1 aromatic carbocycles. The molecule has 0 spiro atoms. The summed E-state index contributed by atoms with van der Waals surface area (Å²) in [4.78, 5) is 16.2. The summed E-state index contributed by atoms with van der Waals surface area (Å²) in [7, 11) is -2.18. The highest BCUT2D eigenvalue weighted by Crippen LogP contribution is 2.21. The molecule has 0 aliphatic carbocycles. The van der Waals surface area contributed by atoms with Gasteiger partial charge in [0.2, 0.25) is 15.9 Å². The molecule has 0 bridgehead atoms. The van der Waals surface area contributed by atoms with Gasteiger partial charge in [0.05, 0.1) is 21.7 Å². The van der Waals surface area contributed by atoms with E-state index in [9.17, 15) is 13.2 Å². The van der Waals surface area contributed by atoms with Crippen LogP contribution in [-0.2, 0) is 26.1 Å². The Labute approximate surface area is 132 Å². The smallest absolute Gasteiger partial charge is 0.248 e. The molecule has 0 unspecified atom stereocenters. The molecule has 1 heterocycles. The number of benzene rings is 1. The van der Waals surface area contributed by atoms with Crippen LogP contribution in [0.4, 0.5) is 0 Å². The number of primary sulfonamides is 1. The minimum Gasteiger partial charge on any atom is -0.383 e. The maximum absolute atomic E-state index is 11.6. The maximum Gasteiger partial charge on any atom is 0.248 e. The Kier molecular flexibility index (Phi) is 5.12. The number of nitrogens with zero attached hydrogens (tertiary/aromatic N) is 2. The van der Waals surface area contributed by atoms with Gasteiger partial charge in [-0.05, 0) is 18.2 Å². The van der Waals surface area contributed by atoms with Gasteiger partial charge in [-0.1, -0.05) is 18.3 Å². The van der Waals surface area contributed by atoms with Gasteiger partial charge in [-0.3, -0.25) is 4.79 Å². The van der Waals surface area contributed by atoms with Crippen molar-refractivity contribution >= 4 is 37.5 Å². The monoisotopic (exact) mass is 343 g/mol. The fraction of sp³-hybridized carbons (Fsp3) is 0.385. The summed E-state index contributed by atoms with van der Waals surface area (Å²) in [5.74, 6) is -0.232. The van der Waals surface area contributed by atoms with E-state index >= 15 is 0 Å². The van der Waals surface area contributed by atoms with E-state index in [1.165, 1.54) is 23.5 Å². The molecule has 0 radical (unpaired) electrons. The van der Waals surface area contributed by atoms with Gasteiger partial charge in [0.25, 0.3) is 0 Å². The average Bonchev–Trinajstić information content (AvgIpc) is 2.80. The lowest BCUT2D eigenvalue weighted by Gasteiger charge is -2.04. The van der Waals surface area contributed by atoms with Gasteiger partial charge in [0.15, 0.2) is 4.80 Å². The summed E-state index contributed by atoms with van der Waals surface area (Å²) >= 11 is 1.25. The third kappa shape index (κ3) is 3.61. The average molecular weight is 343 g/mol. The molecule has 22 heavy (non-hydrogen) atoms. The van der Waals surface area contributed by atoms with Crippen LogP contribution in [0.25, 0.3) is 10.2 Å². The molecular formula is C13H17N3O4S2. The number of rotatable bonds is 5.